The molecule has 0 N–H and O–H groups in total. The Morgan fingerprint density at radius 3 is 1.09 bits per heavy atom. The van der Waals surface area contributed by atoms with Crippen LogP contribution in [-0.4, -0.2) is 11.2 Å². The third-order valence-corrected chi connectivity index (χ3v) is 0. The summed E-state index contributed by atoms with van der Waals surface area (Å²) in [5.41, 5.74) is 0. The monoisotopic (exact) mass is 175 g/mol. The third kappa shape index (κ3) is 799. The summed E-state index contributed by atoms with van der Waals surface area (Å²) < 4.78 is 0. The van der Waals surface area contributed by atoms with Crippen molar-refractivity contribution < 1.29 is 98.1 Å². The number of rotatable bonds is 0. The largest absolute Gasteiger partial charge is 1.00 e. The van der Waals surface area contributed by atoms with Crippen molar-refractivity contribution in [1.82, 2.24) is 0 Å². The smallest absolute Gasteiger partial charge is 0.652 e. The van der Waals surface area contributed by atoms with Crippen molar-refractivity contribution in [1.29, 1.82) is 0 Å². The molecule has 0 bridgehead atoms. The van der Waals surface area contributed by atoms with Crippen LogP contribution in [0, 0.1) is 15.3 Å². The fraction of sp³-hybridized carbons (Fsp3) is 0. The van der Waals surface area contributed by atoms with E-state index >= 15 is 0 Å². The molecule has 48 valence electrons. The van der Waals surface area contributed by atoms with Gasteiger partial charge in [-0.05, 0) is 6.16 Å². The molecule has 10 heteroatoms. The zero-order valence-electron chi connectivity index (χ0n) is 6.40. The van der Waals surface area contributed by atoms with Gasteiger partial charge in [-0.2, -0.15) is 0 Å². The van der Waals surface area contributed by atoms with Gasteiger partial charge in [0, 0.05) is 0 Å². The van der Waals surface area contributed by atoms with Crippen LogP contribution < -0.4 is 88.2 Å². The van der Waals surface area contributed by atoms with Crippen molar-refractivity contribution >= 4 is 6.16 Å². The first-order chi connectivity index (χ1) is 3.46. The molecule has 0 atom stereocenters. The molecule has 0 rings (SSSR count). The predicted octanol–water partition coefficient (Wildman–Crippen LogP) is -11.7. The van der Waals surface area contributed by atoms with Gasteiger partial charge in [-0.3, -0.25) is 0 Å². The minimum atomic E-state index is -2.33. The van der Waals surface area contributed by atoms with Gasteiger partial charge >= 0.3 is 78.0 Å². The van der Waals surface area contributed by atoms with Gasteiger partial charge in [0.05, 0.1) is 5.09 Å². The van der Waals surface area contributed by atoms with Gasteiger partial charge in [-0.1, -0.05) is 0 Å². The van der Waals surface area contributed by atoms with Crippen LogP contribution in [0.4, 0.5) is 4.79 Å². The molecule has 0 amide bonds. The van der Waals surface area contributed by atoms with Gasteiger partial charge < -0.3 is 30.3 Å². The molecule has 0 spiro atoms. The quantitative estimate of drug-likeness (QED) is 0.204. The third-order valence-electron chi connectivity index (χ3n) is 0. The number of carbonyl (C=O) groups excluding carboxylic acids is 1. The molecule has 0 aliphatic heterocycles. The molecule has 0 fully saturated rings. The van der Waals surface area contributed by atoms with E-state index in [9.17, 15) is 0 Å². The SMILES string of the molecule is O=C([O-])[O-].O=[N+]([O-])[O-].[Li+].[Na+].[Na+]. The molecule has 0 saturated heterocycles. The molecular formula is CLiNNa2O6. The van der Waals surface area contributed by atoms with Gasteiger partial charge in [-0.15, -0.1) is 0 Å². The first-order valence-corrected chi connectivity index (χ1v) is 1.16. The molecule has 0 saturated carbocycles. The molecule has 0 aromatic heterocycles. The van der Waals surface area contributed by atoms with Gasteiger partial charge in [0.25, 0.3) is 0 Å². The van der Waals surface area contributed by atoms with Crippen LogP contribution in [0.15, 0.2) is 0 Å². The zero-order chi connectivity index (χ0) is 7.15. The van der Waals surface area contributed by atoms with Crippen LogP contribution in [0.3, 0.4) is 0 Å². The normalized spacial score (nSPS) is 4.36. The van der Waals surface area contributed by atoms with E-state index in [1.165, 1.54) is 0 Å². The van der Waals surface area contributed by atoms with Crippen LogP contribution >= 0.6 is 0 Å². The Labute approximate surface area is 118 Å². The first-order valence-electron chi connectivity index (χ1n) is 1.16. The first kappa shape index (κ1) is 29.6. The van der Waals surface area contributed by atoms with Crippen LogP contribution in [0.1, 0.15) is 0 Å². The zero-order valence-corrected chi connectivity index (χ0v) is 10.4. The van der Waals surface area contributed by atoms with E-state index < -0.39 is 11.2 Å². The fourth-order valence-corrected chi connectivity index (χ4v) is 0. The minimum Gasteiger partial charge on any atom is -0.652 e. The summed E-state index contributed by atoms with van der Waals surface area (Å²) in [6.07, 6.45) is -2.33. The maximum absolute atomic E-state index is 8.33. The second-order valence-corrected chi connectivity index (χ2v) is 0.474. The summed E-state index contributed by atoms with van der Waals surface area (Å²) in [6, 6.07) is 0. The minimum absolute atomic E-state index is 0. The average Bonchev–Trinajstić information content (AvgIpc) is 1.25. The molecule has 0 aromatic rings. The van der Waals surface area contributed by atoms with Crippen molar-refractivity contribution in [3.05, 3.63) is 15.3 Å². The van der Waals surface area contributed by atoms with E-state index in [0.717, 1.165) is 0 Å². The second kappa shape index (κ2) is 22.5. The number of hydrogen-bond acceptors (Lipinski definition) is 6. The average molecular weight is 175 g/mol. The maximum Gasteiger partial charge on any atom is 1.00 e. The molecule has 11 heavy (non-hydrogen) atoms. The topological polar surface area (TPSA) is 129 Å². The fourth-order valence-electron chi connectivity index (χ4n) is 0. The standard InChI is InChI=1S/CH2O3.Li.NO3.2Na/c2-1(3)4;;2-1(3)4;;/h(H2,2,3,4);;;;/q;+1;-1;2*+1/p-2. The van der Waals surface area contributed by atoms with Crippen molar-refractivity contribution in [3.8, 4) is 0 Å². The summed E-state index contributed by atoms with van der Waals surface area (Å²) in [5, 5.41) is 31.4. The Bertz CT molecular complexity index is 78.6. The molecule has 0 radical (unpaired) electrons. The Kier molecular flexibility index (Phi) is 60.4. The Morgan fingerprint density at radius 1 is 1.09 bits per heavy atom. The molecule has 0 unspecified atom stereocenters. The molecule has 0 aromatic carbocycles. The van der Waals surface area contributed by atoms with Gasteiger partial charge in [0.2, 0.25) is 0 Å². The van der Waals surface area contributed by atoms with Crippen LogP contribution in [-0.2, 0) is 0 Å². The van der Waals surface area contributed by atoms with Crippen LogP contribution in [0.25, 0.3) is 0 Å². The van der Waals surface area contributed by atoms with Crippen LogP contribution in [0.2, 0.25) is 0 Å². The number of carboxylic acid groups (broad SMARTS) is 2. The van der Waals surface area contributed by atoms with Gasteiger partial charge in [-0.25, -0.2) is 0 Å². The van der Waals surface area contributed by atoms with Crippen LogP contribution in [0.5, 0.6) is 0 Å². The number of carbonyl (C=O) groups is 1. The van der Waals surface area contributed by atoms with Gasteiger partial charge in [0.1, 0.15) is 0 Å². The van der Waals surface area contributed by atoms with E-state index in [-0.39, 0.29) is 78.0 Å². The number of nitrogens with zero attached hydrogens (tertiary/aromatic N) is 1. The van der Waals surface area contributed by atoms with E-state index in [2.05, 4.69) is 0 Å². The molecule has 7 nitrogen and oxygen atoms in total. The Hall–Kier alpha value is 1.07. The summed E-state index contributed by atoms with van der Waals surface area (Å²) in [5.74, 6) is 0. The Balaban J connectivity index is -0.0000000171. The van der Waals surface area contributed by atoms with Crippen molar-refractivity contribution in [3.63, 3.8) is 0 Å². The molecule has 0 aliphatic rings. The van der Waals surface area contributed by atoms with Gasteiger partial charge in [0.15, 0.2) is 0 Å². The van der Waals surface area contributed by atoms with Crippen molar-refractivity contribution in [2.24, 2.45) is 0 Å². The predicted molar refractivity (Wildman–Crippen MR) is 15.8 cm³/mol. The molecular weight excluding hydrogens is 175 g/mol. The van der Waals surface area contributed by atoms with E-state index in [0.29, 0.717) is 0 Å². The van der Waals surface area contributed by atoms with Crippen molar-refractivity contribution in [2.45, 2.75) is 0 Å². The van der Waals surface area contributed by atoms with E-state index in [1.807, 2.05) is 0 Å². The summed E-state index contributed by atoms with van der Waals surface area (Å²) >= 11 is 0. The molecule has 0 heterocycles. The Morgan fingerprint density at radius 2 is 1.09 bits per heavy atom. The summed E-state index contributed by atoms with van der Waals surface area (Å²) in [6.45, 7) is 0. The number of hydrogen-bond donors (Lipinski definition) is 0. The van der Waals surface area contributed by atoms with Crippen molar-refractivity contribution in [2.75, 3.05) is 0 Å². The summed E-state index contributed by atoms with van der Waals surface area (Å²) in [4.78, 5) is 16.6. The van der Waals surface area contributed by atoms with E-state index in [1.54, 1.807) is 0 Å². The molecule has 0 aliphatic carbocycles. The van der Waals surface area contributed by atoms with E-state index in [4.69, 9.17) is 30.3 Å². The second-order valence-electron chi connectivity index (χ2n) is 0.474. The maximum atomic E-state index is 8.33. The summed E-state index contributed by atoms with van der Waals surface area (Å²) in [7, 11) is 0.